The number of likely N-dealkylation sites (N-methyl/N-ethyl adjacent to an activating group) is 1. The molecule has 2 atom stereocenters. The van der Waals surface area contributed by atoms with Crippen LogP contribution in [-0.4, -0.2) is 93.3 Å². The van der Waals surface area contributed by atoms with Gasteiger partial charge in [0.2, 0.25) is 0 Å². The van der Waals surface area contributed by atoms with E-state index in [1.54, 1.807) is 0 Å². The molecule has 1 N–H and O–H groups in total. The number of allylic oxidation sites excluding steroid dienone is 3. The molecule has 2 aliphatic rings. The number of unbranched alkanes of at least 4 members (excludes halogenated alkanes) is 1. The molecule has 6 heteroatoms. The van der Waals surface area contributed by atoms with Crippen LogP contribution in [-0.2, 0) is 4.74 Å². The molecule has 0 radical (unpaired) electrons. The zero-order valence-corrected chi connectivity index (χ0v) is 25.9. The minimum atomic E-state index is 0.228. The maximum absolute atomic E-state index is 6.19. The Kier molecular flexibility index (Phi) is 17.0. The quantitative estimate of drug-likeness (QED) is 0.166. The highest BCUT2D eigenvalue weighted by Gasteiger charge is 2.26. The Labute approximate surface area is 235 Å². The molecular formula is C32H61N5O. The summed E-state index contributed by atoms with van der Waals surface area (Å²) in [5.74, 6) is 1.96. The fourth-order valence-corrected chi connectivity index (χ4v) is 5.59. The van der Waals surface area contributed by atoms with Crippen molar-refractivity contribution < 1.29 is 4.74 Å². The number of ether oxygens (including phenoxy) is 1. The van der Waals surface area contributed by atoms with Crippen molar-refractivity contribution in [1.29, 1.82) is 0 Å². The average Bonchev–Trinajstić information content (AvgIpc) is 3.15. The Morgan fingerprint density at radius 1 is 1.13 bits per heavy atom. The summed E-state index contributed by atoms with van der Waals surface area (Å²) < 4.78 is 6.19. The zero-order valence-electron chi connectivity index (χ0n) is 25.9. The second kappa shape index (κ2) is 19.7. The largest absolute Gasteiger partial charge is 0.377 e. The standard InChI is InChI=1S/C32H61N5O/c1-7-9-12-16-29(15-8-2)21-24-38-28(3)26-36(6)23-20-32-33-25-31(19-22-35(4)5)37(34-32)27-30-17-13-10-11-14-18-30/h12,15-16,28,30-31H,7-11,13-14,17-27H2,1-6H3,(H,33,34)/b16-12-,29-15+. The van der Waals surface area contributed by atoms with Crippen LogP contribution in [0.5, 0.6) is 0 Å². The van der Waals surface area contributed by atoms with Crippen LogP contribution in [0.25, 0.3) is 0 Å². The molecule has 38 heavy (non-hydrogen) atoms. The first-order chi connectivity index (χ1) is 18.4. The molecule has 0 aromatic rings. The molecule has 220 valence electrons. The third kappa shape index (κ3) is 14.1. The summed E-state index contributed by atoms with van der Waals surface area (Å²) in [5, 5.41) is 11.3. The maximum atomic E-state index is 6.19. The number of nitrogens with zero attached hydrogens (tertiary/aromatic N) is 4. The minimum Gasteiger partial charge on any atom is -0.377 e. The summed E-state index contributed by atoms with van der Waals surface area (Å²) in [6.07, 6.45) is 22.1. The van der Waals surface area contributed by atoms with Crippen molar-refractivity contribution in [3.63, 3.8) is 0 Å². The van der Waals surface area contributed by atoms with E-state index >= 15 is 0 Å². The molecule has 1 fully saturated rings. The van der Waals surface area contributed by atoms with Gasteiger partial charge in [-0.3, -0.25) is 5.01 Å². The van der Waals surface area contributed by atoms with E-state index in [4.69, 9.17) is 9.84 Å². The summed E-state index contributed by atoms with van der Waals surface area (Å²) >= 11 is 0. The molecule has 0 aromatic heterocycles. The molecule has 1 aliphatic carbocycles. The summed E-state index contributed by atoms with van der Waals surface area (Å²) in [6, 6.07) is 0.499. The summed E-state index contributed by atoms with van der Waals surface area (Å²) in [4.78, 5) is 4.69. The Hall–Kier alpha value is -1.37. The van der Waals surface area contributed by atoms with Gasteiger partial charge in [0.1, 0.15) is 5.84 Å². The number of nitrogens with one attached hydrogen (secondary N) is 1. The lowest BCUT2D eigenvalue weighted by atomic mass is 9.99. The molecule has 1 aliphatic heterocycles. The second-order valence-corrected chi connectivity index (χ2v) is 12.0. The molecule has 0 aromatic carbocycles. The number of rotatable bonds is 18. The maximum Gasteiger partial charge on any atom is 0.123 e. The van der Waals surface area contributed by atoms with Crippen LogP contribution in [0, 0.1) is 5.92 Å². The topological polar surface area (TPSA) is 43.3 Å². The zero-order chi connectivity index (χ0) is 27.6. The number of hydrogen-bond donors (Lipinski definition) is 1. The lowest BCUT2D eigenvalue weighted by Gasteiger charge is -2.37. The highest BCUT2D eigenvalue weighted by molar-refractivity contribution is 5.82. The minimum absolute atomic E-state index is 0.228. The van der Waals surface area contributed by atoms with Crippen LogP contribution in [0.4, 0.5) is 0 Å². The fourth-order valence-electron chi connectivity index (χ4n) is 5.59. The summed E-state index contributed by atoms with van der Waals surface area (Å²) in [5.41, 5.74) is 1.40. The third-order valence-corrected chi connectivity index (χ3v) is 7.89. The van der Waals surface area contributed by atoms with Crippen LogP contribution < -0.4 is 5.32 Å². The van der Waals surface area contributed by atoms with Gasteiger partial charge in [-0.2, -0.15) is 5.10 Å². The first kappa shape index (κ1) is 32.8. The molecule has 0 spiro atoms. The van der Waals surface area contributed by atoms with Crippen LogP contribution in [0.1, 0.15) is 97.8 Å². The van der Waals surface area contributed by atoms with Gasteiger partial charge >= 0.3 is 0 Å². The van der Waals surface area contributed by atoms with Gasteiger partial charge < -0.3 is 19.9 Å². The van der Waals surface area contributed by atoms with Crippen LogP contribution in [0.15, 0.2) is 28.9 Å². The molecule has 0 amide bonds. The first-order valence-electron chi connectivity index (χ1n) is 15.8. The van der Waals surface area contributed by atoms with Crippen LogP contribution >= 0.6 is 0 Å². The fraction of sp³-hybridized carbons (Fsp3) is 0.844. The number of hydrogen-bond acceptors (Lipinski definition) is 6. The van der Waals surface area contributed by atoms with Gasteiger partial charge in [0.05, 0.1) is 18.8 Å². The van der Waals surface area contributed by atoms with Gasteiger partial charge in [-0.15, -0.1) is 0 Å². The van der Waals surface area contributed by atoms with Crippen molar-refractivity contribution in [3.8, 4) is 0 Å². The molecular weight excluding hydrogens is 470 g/mol. The van der Waals surface area contributed by atoms with E-state index in [2.05, 4.69) is 80.3 Å². The van der Waals surface area contributed by atoms with Crippen LogP contribution in [0.2, 0.25) is 0 Å². The molecule has 2 unspecified atom stereocenters. The molecule has 6 nitrogen and oxygen atoms in total. The van der Waals surface area contributed by atoms with Crippen molar-refractivity contribution >= 4 is 5.84 Å². The Bertz CT molecular complexity index is 696. The lowest BCUT2D eigenvalue weighted by molar-refractivity contribution is 0.0460. The van der Waals surface area contributed by atoms with E-state index in [0.29, 0.717) is 6.04 Å². The number of amidine groups is 1. The lowest BCUT2D eigenvalue weighted by Crippen LogP contribution is -2.50. The van der Waals surface area contributed by atoms with Crippen molar-refractivity contribution in [3.05, 3.63) is 23.8 Å². The van der Waals surface area contributed by atoms with Gasteiger partial charge in [-0.1, -0.05) is 69.8 Å². The Morgan fingerprint density at radius 3 is 2.58 bits per heavy atom. The van der Waals surface area contributed by atoms with Gasteiger partial charge in [-0.05, 0) is 79.1 Å². The van der Waals surface area contributed by atoms with Crippen molar-refractivity contribution in [2.45, 2.75) is 110 Å². The van der Waals surface area contributed by atoms with Crippen molar-refractivity contribution in [2.75, 3.05) is 60.5 Å². The van der Waals surface area contributed by atoms with E-state index < -0.39 is 0 Å². The smallest absolute Gasteiger partial charge is 0.123 e. The van der Waals surface area contributed by atoms with Gasteiger partial charge in [0.15, 0.2) is 0 Å². The monoisotopic (exact) mass is 531 g/mol. The van der Waals surface area contributed by atoms with E-state index in [0.717, 1.165) is 76.8 Å². The van der Waals surface area contributed by atoms with Gasteiger partial charge in [0, 0.05) is 32.6 Å². The average molecular weight is 532 g/mol. The predicted octanol–water partition coefficient (Wildman–Crippen LogP) is 6.31. The van der Waals surface area contributed by atoms with E-state index in [-0.39, 0.29) is 6.10 Å². The van der Waals surface area contributed by atoms with Crippen LogP contribution in [0.3, 0.4) is 0 Å². The highest BCUT2D eigenvalue weighted by Crippen LogP contribution is 2.25. The van der Waals surface area contributed by atoms with Gasteiger partial charge in [0.25, 0.3) is 0 Å². The van der Waals surface area contributed by atoms with Crippen molar-refractivity contribution in [1.82, 2.24) is 20.1 Å². The molecule has 1 heterocycles. The molecule has 1 saturated carbocycles. The molecule has 2 rings (SSSR count). The molecule has 0 saturated heterocycles. The van der Waals surface area contributed by atoms with Gasteiger partial charge in [-0.25, -0.2) is 0 Å². The van der Waals surface area contributed by atoms with Crippen molar-refractivity contribution in [2.24, 2.45) is 11.0 Å². The normalized spacial score (nSPS) is 20.7. The SMILES string of the molecule is CC/C=C(\C=C/CCC)CCOC(C)CN(C)CCC1=NN(CC2CCCCCC2)C(CCN(C)C)CN1. The first-order valence-corrected chi connectivity index (χ1v) is 15.8. The summed E-state index contributed by atoms with van der Waals surface area (Å²) in [6.45, 7) is 12.6. The van der Waals surface area contributed by atoms with E-state index in [1.807, 2.05) is 0 Å². The highest BCUT2D eigenvalue weighted by atomic mass is 16.5. The predicted molar refractivity (Wildman–Crippen MR) is 165 cm³/mol. The Balaban J connectivity index is 1.80. The van der Waals surface area contributed by atoms with E-state index in [1.165, 1.54) is 56.9 Å². The van der Waals surface area contributed by atoms with E-state index in [9.17, 15) is 0 Å². The third-order valence-electron chi connectivity index (χ3n) is 7.89. The number of hydrazone groups is 1. The Morgan fingerprint density at radius 2 is 1.89 bits per heavy atom. The summed E-state index contributed by atoms with van der Waals surface area (Å²) in [7, 11) is 6.56. The second-order valence-electron chi connectivity index (χ2n) is 12.0. The molecule has 0 bridgehead atoms.